The number of aromatic nitrogens is 3. The molecule has 0 spiro atoms. The van der Waals surface area contributed by atoms with Gasteiger partial charge < -0.3 is 0 Å². The fourth-order valence-corrected chi connectivity index (χ4v) is 1.84. The molecule has 3 rings (SSSR count). The van der Waals surface area contributed by atoms with Crippen LogP contribution in [0.2, 0.25) is 0 Å². The van der Waals surface area contributed by atoms with E-state index in [0.717, 1.165) is 17.4 Å². The van der Waals surface area contributed by atoms with Crippen molar-refractivity contribution >= 4 is 17.2 Å². The van der Waals surface area contributed by atoms with Crippen LogP contribution in [0.4, 0.5) is 0 Å². The molecule has 1 saturated carbocycles. The molecule has 1 aliphatic rings. The Morgan fingerprint density at radius 3 is 3.14 bits per heavy atom. The monoisotopic (exact) mass is 208 g/mol. The number of hydrogen-bond acceptors (Lipinski definition) is 1. The fraction of sp³-hybridized carbons (Fsp3) is 0.400. The van der Waals surface area contributed by atoms with Gasteiger partial charge in [0.1, 0.15) is 12.1 Å². The molecular weight excluding hydrogens is 198 g/mol. The second kappa shape index (κ2) is 2.95. The lowest BCUT2D eigenvalue weighted by Crippen LogP contribution is -2.22. The van der Waals surface area contributed by atoms with E-state index < -0.39 is 0 Å². The Morgan fingerprint density at radius 1 is 1.57 bits per heavy atom. The van der Waals surface area contributed by atoms with Crippen molar-refractivity contribution in [3.63, 3.8) is 0 Å². The minimum atomic E-state index is 0.431. The zero-order valence-corrected chi connectivity index (χ0v) is 8.46. The highest BCUT2D eigenvalue weighted by atomic mass is 35.5. The number of nitrogens with one attached hydrogen (secondary N) is 1. The summed E-state index contributed by atoms with van der Waals surface area (Å²) >= 11 is 5.71. The molecule has 2 aromatic rings. The molecule has 1 aliphatic carbocycles. The summed E-state index contributed by atoms with van der Waals surface area (Å²) in [4.78, 5) is 4.38. The van der Waals surface area contributed by atoms with E-state index in [0.29, 0.717) is 5.88 Å². The third-order valence-electron chi connectivity index (χ3n) is 2.63. The Morgan fingerprint density at radius 2 is 2.43 bits per heavy atom. The van der Waals surface area contributed by atoms with Gasteiger partial charge in [-0.15, -0.1) is 16.1 Å². The Labute approximate surface area is 86.7 Å². The number of rotatable bonds is 2. The average Bonchev–Trinajstić information content (AvgIpc) is 2.97. The number of H-pyrrole nitrogens is 1. The van der Waals surface area contributed by atoms with E-state index in [4.69, 9.17) is 11.6 Å². The molecule has 0 aliphatic heterocycles. The molecule has 0 radical (unpaired) electrons. The molecule has 72 valence electrons. The van der Waals surface area contributed by atoms with Crippen LogP contribution in [0.1, 0.15) is 30.1 Å². The summed E-state index contributed by atoms with van der Waals surface area (Å²) in [5.41, 5.74) is 2.36. The summed E-state index contributed by atoms with van der Waals surface area (Å²) in [5.74, 6) is 2.02. The van der Waals surface area contributed by atoms with E-state index in [-0.39, 0.29) is 0 Å². The predicted molar refractivity (Wildman–Crippen MR) is 53.3 cm³/mol. The Bertz CT molecular complexity index is 473. The molecule has 1 fully saturated rings. The molecule has 0 unspecified atom stereocenters. The maximum absolute atomic E-state index is 5.71. The molecule has 0 amide bonds. The molecule has 4 heteroatoms. The first kappa shape index (κ1) is 8.24. The van der Waals surface area contributed by atoms with Gasteiger partial charge >= 0.3 is 5.65 Å². The quantitative estimate of drug-likeness (QED) is 0.592. The highest BCUT2D eigenvalue weighted by molar-refractivity contribution is 6.16. The van der Waals surface area contributed by atoms with Crippen molar-refractivity contribution in [2.24, 2.45) is 0 Å². The molecule has 0 aromatic carbocycles. The third-order valence-corrected chi connectivity index (χ3v) is 2.89. The molecule has 3 nitrogen and oxygen atoms in total. The Balaban J connectivity index is 2.12. The lowest BCUT2D eigenvalue weighted by Gasteiger charge is -1.91. The number of aromatic amines is 1. The van der Waals surface area contributed by atoms with Crippen LogP contribution in [0.15, 0.2) is 18.3 Å². The van der Waals surface area contributed by atoms with Crippen molar-refractivity contribution in [3.05, 3.63) is 29.7 Å². The minimum absolute atomic E-state index is 0.431. The molecule has 0 atom stereocenters. The van der Waals surface area contributed by atoms with Crippen LogP contribution in [-0.2, 0) is 5.88 Å². The van der Waals surface area contributed by atoms with Crippen molar-refractivity contribution in [3.8, 4) is 0 Å². The summed E-state index contributed by atoms with van der Waals surface area (Å²) in [6.07, 6.45) is 4.66. The van der Waals surface area contributed by atoms with E-state index in [1.807, 2.05) is 10.7 Å². The average molecular weight is 209 g/mol. The van der Waals surface area contributed by atoms with Gasteiger partial charge in [0.15, 0.2) is 0 Å². The molecule has 0 saturated heterocycles. The normalized spacial score (nSPS) is 16.4. The van der Waals surface area contributed by atoms with Gasteiger partial charge in [0.05, 0.1) is 0 Å². The van der Waals surface area contributed by atoms with Gasteiger partial charge in [-0.05, 0) is 35.4 Å². The second-order valence-corrected chi connectivity index (χ2v) is 4.03. The van der Waals surface area contributed by atoms with Crippen LogP contribution in [-0.4, -0.2) is 10.1 Å². The van der Waals surface area contributed by atoms with Crippen molar-refractivity contribution < 1.29 is 4.52 Å². The molecule has 1 N–H and O–H groups in total. The number of alkyl halides is 1. The summed E-state index contributed by atoms with van der Waals surface area (Å²) < 4.78 is 1.91. The van der Waals surface area contributed by atoms with E-state index in [2.05, 4.69) is 22.2 Å². The van der Waals surface area contributed by atoms with Crippen LogP contribution in [0, 0.1) is 0 Å². The standard InChI is InChI=1S/C10H10ClN3/c11-6-9-12-10-5-8(7-1-2-7)3-4-14(10)13-9/h3-5,7H,1-2,6H2/p+1. The van der Waals surface area contributed by atoms with Crippen LogP contribution in [0.3, 0.4) is 0 Å². The van der Waals surface area contributed by atoms with Gasteiger partial charge in [-0.2, -0.15) is 5.10 Å². The topological polar surface area (TPSA) is 32.8 Å². The van der Waals surface area contributed by atoms with Gasteiger partial charge in [-0.3, -0.25) is 0 Å². The summed E-state index contributed by atoms with van der Waals surface area (Å²) in [6, 6.07) is 4.30. The number of fused-ring (bicyclic) bond motifs is 1. The Kier molecular flexibility index (Phi) is 1.74. The van der Waals surface area contributed by atoms with E-state index in [9.17, 15) is 0 Å². The highest BCUT2D eigenvalue weighted by Crippen LogP contribution is 2.39. The van der Waals surface area contributed by atoms with Gasteiger partial charge in [0.2, 0.25) is 0 Å². The smallest absolute Gasteiger partial charge is 0.185 e. The number of halogens is 1. The van der Waals surface area contributed by atoms with E-state index in [1.165, 1.54) is 18.4 Å². The van der Waals surface area contributed by atoms with Crippen LogP contribution in [0.5, 0.6) is 0 Å². The zero-order valence-electron chi connectivity index (χ0n) is 7.70. The summed E-state index contributed by atoms with van der Waals surface area (Å²) in [6.45, 7) is 0. The summed E-state index contributed by atoms with van der Waals surface area (Å²) in [7, 11) is 0. The van der Waals surface area contributed by atoms with Crippen molar-refractivity contribution in [1.82, 2.24) is 10.1 Å². The highest BCUT2D eigenvalue weighted by Gasteiger charge is 2.25. The number of hydrogen-bond donors (Lipinski definition) is 1. The molecule has 0 bridgehead atoms. The van der Waals surface area contributed by atoms with Gasteiger partial charge in [-0.1, -0.05) is 0 Å². The van der Waals surface area contributed by atoms with Crippen LogP contribution < -0.4 is 4.52 Å². The minimum Gasteiger partial charge on any atom is -0.185 e. The number of pyridine rings is 1. The first-order valence-electron chi connectivity index (χ1n) is 4.83. The van der Waals surface area contributed by atoms with Gasteiger partial charge in [-0.25, -0.2) is 0 Å². The maximum atomic E-state index is 5.71. The van der Waals surface area contributed by atoms with Crippen LogP contribution in [0.25, 0.3) is 5.65 Å². The lowest BCUT2D eigenvalue weighted by molar-refractivity contribution is -0.578. The zero-order chi connectivity index (χ0) is 9.54. The van der Waals surface area contributed by atoms with Crippen molar-refractivity contribution in [2.75, 3.05) is 0 Å². The van der Waals surface area contributed by atoms with E-state index >= 15 is 0 Å². The first-order chi connectivity index (χ1) is 6.86. The summed E-state index contributed by atoms with van der Waals surface area (Å²) in [5, 5.41) is 3.11. The largest absolute Gasteiger partial charge is 0.348 e. The Hall–Kier alpha value is -1.09. The van der Waals surface area contributed by atoms with Crippen molar-refractivity contribution in [2.45, 2.75) is 24.6 Å². The number of nitrogens with zero attached hydrogens (tertiary/aromatic N) is 2. The third kappa shape index (κ3) is 1.28. The molecule has 2 heterocycles. The van der Waals surface area contributed by atoms with E-state index in [1.54, 1.807) is 0 Å². The first-order valence-corrected chi connectivity index (χ1v) is 5.36. The molecule has 14 heavy (non-hydrogen) atoms. The molecular formula is C10H11ClN3+. The van der Waals surface area contributed by atoms with Crippen molar-refractivity contribution in [1.29, 1.82) is 0 Å². The molecule has 2 aromatic heterocycles. The van der Waals surface area contributed by atoms with Gasteiger partial charge in [0.25, 0.3) is 5.82 Å². The second-order valence-electron chi connectivity index (χ2n) is 3.77. The predicted octanol–water partition coefficient (Wildman–Crippen LogP) is 1.76. The maximum Gasteiger partial charge on any atom is 0.348 e. The SMILES string of the molecule is ClCc1nc2cc(C3CC3)cc[n+]2[nH]1. The fourth-order valence-electron chi connectivity index (χ4n) is 1.72. The lowest BCUT2D eigenvalue weighted by atomic mass is 10.2. The van der Waals surface area contributed by atoms with Crippen LogP contribution >= 0.6 is 11.6 Å². The van der Waals surface area contributed by atoms with Gasteiger partial charge in [0, 0.05) is 6.07 Å².